The van der Waals surface area contributed by atoms with Crippen molar-refractivity contribution in [2.24, 2.45) is 0 Å². The van der Waals surface area contributed by atoms with Gasteiger partial charge in [-0.15, -0.1) is 11.8 Å². The van der Waals surface area contributed by atoms with E-state index in [1.54, 1.807) is 11.8 Å². The van der Waals surface area contributed by atoms with Gasteiger partial charge < -0.3 is 9.88 Å². The zero-order valence-corrected chi connectivity index (χ0v) is 17.2. The SMILES string of the molecule is CCn1c2ccccc2c2cc(NC(=O)C(C)Sc3ccc(C)cc3)ccc21. The number of nitrogens with one attached hydrogen (secondary N) is 1. The molecule has 1 aromatic heterocycles. The number of carbonyl (C=O) groups excluding carboxylic acids is 1. The highest BCUT2D eigenvalue weighted by atomic mass is 32.2. The number of rotatable bonds is 5. The average molecular weight is 389 g/mol. The standard InChI is InChI=1S/C24H24N2OS/c1-4-26-22-8-6-5-7-20(22)21-15-18(11-14-23(21)26)25-24(27)17(3)28-19-12-9-16(2)10-13-19/h5-15,17H,4H2,1-3H3,(H,25,27). The molecular formula is C24H24N2OS. The third-order valence-electron chi connectivity index (χ3n) is 5.06. The van der Waals surface area contributed by atoms with Gasteiger partial charge in [0.15, 0.2) is 0 Å². The molecule has 1 atom stereocenters. The number of hydrogen-bond donors (Lipinski definition) is 1. The normalized spacial score (nSPS) is 12.4. The minimum absolute atomic E-state index is 0.0177. The molecule has 3 nitrogen and oxygen atoms in total. The third kappa shape index (κ3) is 3.52. The van der Waals surface area contributed by atoms with Crippen molar-refractivity contribution in [2.45, 2.75) is 37.5 Å². The van der Waals surface area contributed by atoms with Crippen LogP contribution in [0, 0.1) is 6.92 Å². The van der Waals surface area contributed by atoms with Crippen LogP contribution in [0.5, 0.6) is 0 Å². The summed E-state index contributed by atoms with van der Waals surface area (Å²) in [4.78, 5) is 13.8. The van der Waals surface area contributed by atoms with Crippen LogP contribution in [0.2, 0.25) is 0 Å². The molecule has 0 saturated heterocycles. The Labute approximate surface area is 169 Å². The van der Waals surface area contributed by atoms with Crippen LogP contribution in [0.1, 0.15) is 19.4 Å². The monoisotopic (exact) mass is 388 g/mol. The number of aromatic nitrogens is 1. The van der Waals surface area contributed by atoms with Gasteiger partial charge >= 0.3 is 0 Å². The maximum Gasteiger partial charge on any atom is 0.237 e. The summed E-state index contributed by atoms with van der Waals surface area (Å²) in [6, 6.07) is 22.9. The Hall–Kier alpha value is -2.72. The molecule has 0 aliphatic rings. The summed E-state index contributed by atoms with van der Waals surface area (Å²) in [5, 5.41) is 5.31. The number of nitrogens with zero attached hydrogens (tertiary/aromatic N) is 1. The minimum atomic E-state index is -0.171. The Morgan fingerprint density at radius 1 is 1.00 bits per heavy atom. The van der Waals surface area contributed by atoms with Crippen LogP contribution < -0.4 is 5.32 Å². The van der Waals surface area contributed by atoms with E-state index < -0.39 is 0 Å². The van der Waals surface area contributed by atoms with E-state index in [4.69, 9.17) is 0 Å². The molecule has 0 saturated carbocycles. The second-order valence-electron chi connectivity index (χ2n) is 7.06. The number of aryl methyl sites for hydroxylation is 2. The molecule has 4 aromatic rings. The summed E-state index contributed by atoms with van der Waals surface area (Å²) < 4.78 is 2.31. The van der Waals surface area contributed by atoms with Crippen LogP contribution in [-0.4, -0.2) is 15.7 Å². The van der Waals surface area contributed by atoms with E-state index >= 15 is 0 Å². The molecule has 1 amide bonds. The van der Waals surface area contributed by atoms with E-state index in [0.29, 0.717) is 0 Å². The molecule has 0 bridgehead atoms. The molecule has 1 unspecified atom stereocenters. The van der Waals surface area contributed by atoms with Gasteiger partial charge in [0.1, 0.15) is 0 Å². The van der Waals surface area contributed by atoms with Crippen molar-refractivity contribution < 1.29 is 4.79 Å². The molecule has 0 fully saturated rings. The summed E-state index contributed by atoms with van der Waals surface area (Å²) in [6.45, 7) is 7.09. The lowest BCUT2D eigenvalue weighted by Crippen LogP contribution is -2.22. The Bertz CT molecular complexity index is 1140. The van der Waals surface area contributed by atoms with Crippen molar-refractivity contribution in [3.8, 4) is 0 Å². The molecule has 4 heteroatoms. The highest BCUT2D eigenvalue weighted by Gasteiger charge is 2.16. The Kier molecular flexibility index (Phi) is 5.14. The van der Waals surface area contributed by atoms with Gasteiger partial charge in [-0.2, -0.15) is 0 Å². The highest BCUT2D eigenvalue weighted by Crippen LogP contribution is 2.31. The predicted molar refractivity (Wildman–Crippen MR) is 120 cm³/mol. The van der Waals surface area contributed by atoms with E-state index in [2.05, 4.69) is 84.4 Å². The first kappa shape index (κ1) is 18.6. The Morgan fingerprint density at radius 3 is 2.46 bits per heavy atom. The number of fused-ring (bicyclic) bond motifs is 3. The fourth-order valence-corrected chi connectivity index (χ4v) is 4.46. The van der Waals surface area contributed by atoms with Crippen LogP contribution >= 0.6 is 11.8 Å². The van der Waals surface area contributed by atoms with Gasteiger partial charge in [-0.3, -0.25) is 4.79 Å². The van der Waals surface area contributed by atoms with Crippen molar-refractivity contribution >= 4 is 45.2 Å². The van der Waals surface area contributed by atoms with Gasteiger partial charge in [-0.25, -0.2) is 0 Å². The van der Waals surface area contributed by atoms with Gasteiger partial charge in [0, 0.05) is 38.9 Å². The zero-order valence-electron chi connectivity index (χ0n) is 16.4. The highest BCUT2D eigenvalue weighted by molar-refractivity contribution is 8.00. The maximum absolute atomic E-state index is 12.7. The molecule has 4 rings (SSSR count). The second kappa shape index (κ2) is 7.72. The largest absolute Gasteiger partial charge is 0.341 e. The van der Waals surface area contributed by atoms with Crippen LogP contribution in [-0.2, 0) is 11.3 Å². The first-order valence-corrected chi connectivity index (χ1v) is 10.5. The maximum atomic E-state index is 12.7. The minimum Gasteiger partial charge on any atom is -0.341 e. The van der Waals surface area contributed by atoms with E-state index in [1.807, 2.05) is 13.0 Å². The van der Waals surface area contributed by atoms with Gasteiger partial charge in [-0.05, 0) is 57.2 Å². The topological polar surface area (TPSA) is 34.0 Å². The lowest BCUT2D eigenvalue weighted by Gasteiger charge is -2.12. The molecule has 0 spiro atoms. The molecule has 0 aliphatic heterocycles. The quantitative estimate of drug-likeness (QED) is 0.411. The molecule has 0 aliphatic carbocycles. The fourth-order valence-electron chi connectivity index (χ4n) is 3.59. The third-order valence-corrected chi connectivity index (χ3v) is 6.17. The molecular weight excluding hydrogens is 364 g/mol. The number of benzene rings is 3. The van der Waals surface area contributed by atoms with Crippen molar-refractivity contribution in [3.05, 3.63) is 72.3 Å². The second-order valence-corrected chi connectivity index (χ2v) is 8.47. The van der Waals surface area contributed by atoms with Gasteiger partial charge in [0.05, 0.1) is 5.25 Å². The molecule has 28 heavy (non-hydrogen) atoms. The number of anilines is 1. The lowest BCUT2D eigenvalue weighted by atomic mass is 10.1. The number of carbonyl (C=O) groups is 1. The van der Waals surface area contributed by atoms with Crippen molar-refractivity contribution in [1.82, 2.24) is 4.57 Å². The van der Waals surface area contributed by atoms with E-state index in [1.165, 1.54) is 27.4 Å². The van der Waals surface area contributed by atoms with Crippen LogP contribution in [0.4, 0.5) is 5.69 Å². The van der Waals surface area contributed by atoms with E-state index in [0.717, 1.165) is 17.1 Å². The van der Waals surface area contributed by atoms with Gasteiger partial charge in [0.2, 0.25) is 5.91 Å². The number of thioether (sulfide) groups is 1. The fraction of sp³-hybridized carbons (Fsp3) is 0.208. The van der Waals surface area contributed by atoms with Gasteiger partial charge in [-0.1, -0.05) is 35.9 Å². The van der Waals surface area contributed by atoms with E-state index in [9.17, 15) is 4.79 Å². The number of hydrogen-bond acceptors (Lipinski definition) is 2. The lowest BCUT2D eigenvalue weighted by molar-refractivity contribution is -0.115. The summed E-state index contributed by atoms with van der Waals surface area (Å²) in [7, 11) is 0. The Balaban J connectivity index is 1.58. The summed E-state index contributed by atoms with van der Waals surface area (Å²) in [5.74, 6) is 0.0177. The molecule has 3 aromatic carbocycles. The van der Waals surface area contributed by atoms with Crippen molar-refractivity contribution in [3.63, 3.8) is 0 Å². The van der Waals surface area contributed by atoms with Crippen molar-refractivity contribution in [1.29, 1.82) is 0 Å². The molecule has 0 radical (unpaired) electrons. The van der Waals surface area contributed by atoms with Gasteiger partial charge in [0.25, 0.3) is 0 Å². The first-order chi connectivity index (χ1) is 13.6. The molecule has 1 heterocycles. The first-order valence-electron chi connectivity index (χ1n) is 9.62. The van der Waals surface area contributed by atoms with E-state index in [-0.39, 0.29) is 11.2 Å². The van der Waals surface area contributed by atoms with Crippen molar-refractivity contribution in [2.75, 3.05) is 5.32 Å². The van der Waals surface area contributed by atoms with Crippen LogP contribution in [0.15, 0.2) is 71.6 Å². The molecule has 1 N–H and O–H groups in total. The summed E-state index contributed by atoms with van der Waals surface area (Å²) >= 11 is 1.58. The molecule has 142 valence electrons. The smallest absolute Gasteiger partial charge is 0.237 e. The summed E-state index contributed by atoms with van der Waals surface area (Å²) in [5.41, 5.74) is 4.49. The Morgan fingerprint density at radius 2 is 1.71 bits per heavy atom. The number of amides is 1. The zero-order chi connectivity index (χ0) is 19.7. The summed E-state index contributed by atoms with van der Waals surface area (Å²) in [6.07, 6.45) is 0. The van der Waals surface area contributed by atoms with Crippen LogP contribution in [0.25, 0.3) is 21.8 Å². The number of para-hydroxylation sites is 1. The van der Waals surface area contributed by atoms with Crippen LogP contribution in [0.3, 0.4) is 0 Å². The average Bonchev–Trinajstić information content (AvgIpc) is 3.02. The predicted octanol–water partition coefficient (Wildman–Crippen LogP) is 6.24.